The Hall–Kier alpha value is -6.36. The highest BCUT2D eigenvalue weighted by molar-refractivity contribution is 7.33. The van der Waals surface area contributed by atoms with Gasteiger partial charge in [-0.15, -0.1) is 11.3 Å². The van der Waals surface area contributed by atoms with Crippen LogP contribution in [0.2, 0.25) is 0 Å². The lowest BCUT2D eigenvalue weighted by molar-refractivity contribution is 0.590. The van der Waals surface area contributed by atoms with Crippen LogP contribution >= 0.6 is 11.3 Å². The summed E-state index contributed by atoms with van der Waals surface area (Å²) < 4.78 is 2.75. The third kappa shape index (κ3) is 6.50. The van der Waals surface area contributed by atoms with Crippen molar-refractivity contribution in [1.29, 1.82) is 0 Å². The predicted molar refractivity (Wildman–Crippen MR) is 295 cm³/mol. The Kier molecular flexibility index (Phi) is 9.14. The largest absolute Gasteiger partial charge is 0.311 e. The summed E-state index contributed by atoms with van der Waals surface area (Å²) in [5, 5.41) is 9.19. The molecule has 0 unspecified atom stereocenters. The topological polar surface area (TPSA) is 6.48 Å². The van der Waals surface area contributed by atoms with E-state index in [1.165, 1.54) is 126 Å². The van der Waals surface area contributed by atoms with E-state index in [-0.39, 0.29) is 23.0 Å². The molecule has 2 aliphatic heterocycles. The molecule has 9 aromatic carbocycles. The lowest BCUT2D eigenvalue weighted by atomic mass is 9.36. The molecule has 330 valence electrons. The number of nitrogens with zero attached hydrogens (tertiary/aromatic N) is 2. The van der Waals surface area contributed by atoms with Crippen molar-refractivity contribution in [1.82, 2.24) is 0 Å². The van der Waals surface area contributed by atoms with Gasteiger partial charge in [0.05, 0.1) is 11.4 Å². The van der Waals surface area contributed by atoms with Crippen molar-refractivity contribution in [3.05, 3.63) is 174 Å². The van der Waals surface area contributed by atoms with E-state index < -0.39 is 0 Å². The molecule has 12 rings (SSSR count). The number of anilines is 6. The van der Waals surface area contributed by atoms with E-state index in [4.69, 9.17) is 0 Å². The van der Waals surface area contributed by atoms with E-state index in [0.717, 1.165) is 0 Å². The minimum atomic E-state index is -0.0418. The molecule has 0 N–H and O–H groups in total. The van der Waals surface area contributed by atoms with Crippen LogP contribution in [-0.2, 0) is 16.2 Å². The molecule has 1 aromatic heterocycles. The van der Waals surface area contributed by atoms with E-state index in [1.54, 1.807) is 0 Å². The van der Waals surface area contributed by atoms with Gasteiger partial charge in [0.2, 0.25) is 0 Å². The molecule has 4 heteroatoms. The summed E-state index contributed by atoms with van der Waals surface area (Å²) in [5.74, 6) is 0.383. The molecule has 0 fully saturated rings. The van der Waals surface area contributed by atoms with Gasteiger partial charge in [-0.05, 0) is 160 Å². The first-order chi connectivity index (χ1) is 31.9. The molecule has 0 spiro atoms. The van der Waals surface area contributed by atoms with Crippen LogP contribution in [0.25, 0.3) is 53.5 Å². The summed E-state index contributed by atoms with van der Waals surface area (Å²) in [5.41, 5.74) is 18.1. The van der Waals surface area contributed by atoms with E-state index in [1.807, 2.05) is 11.3 Å². The van der Waals surface area contributed by atoms with E-state index in [0.29, 0.717) is 5.92 Å². The van der Waals surface area contributed by atoms with Gasteiger partial charge in [0.1, 0.15) is 0 Å². The van der Waals surface area contributed by atoms with Crippen LogP contribution < -0.4 is 25.5 Å². The molecule has 0 saturated carbocycles. The van der Waals surface area contributed by atoms with Gasteiger partial charge in [-0.25, -0.2) is 0 Å². The summed E-state index contributed by atoms with van der Waals surface area (Å²) in [7, 11) is 0. The van der Waals surface area contributed by atoms with Crippen molar-refractivity contribution in [2.45, 2.75) is 98.3 Å². The Morgan fingerprint density at radius 2 is 1.03 bits per heavy atom. The number of rotatable bonds is 4. The number of benzene rings is 9. The van der Waals surface area contributed by atoms with Gasteiger partial charge in [-0.3, -0.25) is 0 Å². The van der Waals surface area contributed by atoms with Crippen LogP contribution in [0.5, 0.6) is 0 Å². The van der Waals surface area contributed by atoms with Crippen LogP contribution in [0.3, 0.4) is 0 Å². The molecular weight excluding hydrogens is 828 g/mol. The predicted octanol–water partition coefficient (Wildman–Crippen LogP) is 16.6. The van der Waals surface area contributed by atoms with Gasteiger partial charge < -0.3 is 9.80 Å². The van der Waals surface area contributed by atoms with Gasteiger partial charge >= 0.3 is 0 Å². The van der Waals surface area contributed by atoms with Crippen molar-refractivity contribution >= 4 is 110 Å². The standard InChI is InChI=1S/C63H59BN2S/c1-37(2)40-22-29-52-50(34-40)64-58-53(65(47-27-23-44(24-28-47)61(3,4)5)59-49-36-46(63(9,10)11)26-31-55(49)67-60(59)64)16-13-17-54(58)66(52)51-30-25-45(62(6,7)8)35-48(51)43-32-41-20-18-38-14-12-15-39-19-21-42(33-43)57(41)56(38)39/h12-37H,1-11H3. The zero-order chi connectivity index (χ0) is 46.5. The second-order valence-corrected chi connectivity index (χ2v) is 23.9. The molecule has 10 aromatic rings. The zero-order valence-corrected chi connectivity index (χ0v) is 41.7. The lowest BCUT2D eigenvalue weighted by Gasteiger charge is -2.44. The van der Waals surface area contributed by atoms with Crippen LogP contribution in [0.4, 0.5) is 34.1 Å². The molecule has 0 atom stereocenters. The maximum atomic E-state index is 2.62. The van der Waals surface area contributed by atoms with Gasteiger partial charge in [0.25, 0.3) is 6.71 Å². The van der Waals surface area contributed by atoms with E-state index >= 15 is 0 Å². The minimum absolute atomic E-state index is 0.0160. The van der Waals surface area contributed by atoms with Crippen LogP contribution in [0.1, 0.15) is 104 Å². The molecule has 3 heterocycles. The molecule has 0 saturated heterocycles. The summed E-state index contributed by atoms with van der Waals surface area (Å²) in [6.07, 6.45) is 0. The van der Waals surface area contributed by atoms with Crippen LogP contribution in [0, 0.1) is 0 Å². The SMILES string of the molecule is CC(C)c1ccc2c(c1)B1c3sc4ccc(C(C)(C)C)cc4c3N(c3ccc(C(C)(C)C)cc3)c3cccc(c31)N2c1ccc(C(C)(C)C)cc1-c1cc2ccc3cccc4ccc(c1)c2c34. The summed E-state index contributed by atoms with van der Waals surface area (Å²) in [6.45, 7) is 25.7. The fraction of sp³-hybridized carbons (Fsp3) is 0.238. The third-order valence-corrected chi connectivity index (χ3v) is 16.2. The maximum Gasteiger partial charge on any atom is 0.264 e. The minimum Gasteiger partial charge on any atom is -0.311 e. The van der Waals surface area contributed by atoms with Gasteiger partial charge in [0.15, 0.2) is 0 Å². The van der Waals surface area contributed by atoms with Crippen molar-refractivity contribution in [2.75, 3.05) is 9.80 Å². The van der Waals surface area contributed by atoms with E-state index in [9.17, 15) is 0 Å². The monoisotopic (exact) mass is 886 g/mol. The Morgan fingerprint density at radius 1 is 0.478 bits per heavy atom. The molecular formula is C63H59BN2S. The number of fused-ring (bicyclic) bond motifs is 6. The first kappa shape index (κ1) is 42.0. The van der Waals surface area contributed by atoms with Crippen molar-refractivity contribution in [3.63, 3.8) is 0 Å². The van der Waals surface area contributed by atoms with Crippen molar-refractivity contribution < 1.29 is 0 Å². The molecule has 0 bridgehead atoms. The van der Waals surface area contributed by atoms with Gasteiger partial charge in [-0.1, -0.05) is 161 Å². The smallest absolute Gasteiger partial charge is 0.264 e. The second-order valence-electron chi connectivity index (χ2n) is 22.8. The Bertz CT molecular complexity index is 3560. The lowest BCUT2D eigenvalue weighted by Crippen LogP contribution is -2.60. The average Bonchev–Trinajstić information content (AvgIpc) is 3.68. The summed E-state index contributed by atoms with van der Waals surface area (Å²) in [4.78, 5) is 5.23. The third-order valence-electron chi connectivity index (χ3n) is 15.0. The summed E-state index contributed by atoms with van der Waals surface area (Å²) >= 11 is 1.99. The van der Waals surface area contributed by atoms with Crippen molar-refractivity contribution in [3.8, 4) is 11.1 Å². The first-order valence-electron chi connectivity index (χ1n) is 24.3. The molecule has 0 aliphatic carbocycles. The molecule has 2 nitrogen and oxygen atoms in total. The second kappa shape index (κ2) is 14.6. The average molecular weight is 887 g/mol. The van der Waals surface area contributed by atoms with Crippen molar-refractivity contribution in [2.24, 2.45) is 0 Å². The quantitative estimate of drug-likeness (QED) is 0.128. The Morgan fingerprint density at radius 3 is 1.67 bits per heavy atom. The highest BCUT2D eigenvalue weighted by Crippen LogP contribution is 2.51. The molecule has 2 aliphatic rings. The van der Waals surface area contributed by atoms with Gasteiger partial charge in [0, 0.05) is 43.2 Å². The Balaban J connectivity index is 1.16. The normalized spacial score (nSPS) is 13.9. The molecule has 0 radical (unpaired) electrons. The first-order valence-corrected chi connectivity index (χ1v) is 25.1. The maximum absolute atomic E-state index is 2.62. The zero-order valence-electron chi connectivity index (χ0n) is 40.9. The molecule has 0 amide bonds. The number of thiophene rings is 1. The van der Waals surface area contributed by atoms with Crippen LogP contribution in [-0.4, -0.2) is 6.71 Å². The summed E-state index contributed by atoms with van der Waals surface area (Å²) in [6, 6.07) is 59.3. The number of hydrogen-bond acceptors (Lipinski definition) is 3. The van der Waals surface area contributed by atoms with Gasteiger partial charge in [-0.2, -0.15) is 0 Å². The Labute approximate surface area is 401 Å². The fourth-order valence-electron chi connectivity index (χ4n) is 11.2. The highest BCUT2D eigenvalue weighted by atomic mass is 32.1. The molecule has 67 heavy (non-hydrogen) atoms. The number of hydrogen-bond donors (Lipinski definition) is 0. The fourth-order valence-corrected chi connectivity index (χ4v) is 12.5. The highest BCUT2D eigenvalue weighted by Gasteiger charge is 2.46. The van der Waals surface area contributed by atoms with Crippen LogP contribution in [0.15, 0.2) is 152 Å². The van der Waals surface area contributed by atoms with E-state index in [2.05, 4.69) is 238 Å².